The molecule has 0 aliphatic rings. The van der Waals surface area contributed by atoms with Crippen molar-refractivity contribution in [2.24, 2.45) is 0 Å². The second-order valence-electron chi connectivity index (χ2n) is 6.83. The summed E-state index contributed by atoms with van der Waals surface area (Å²) in [7, 11) is 0. The maximum absolute atomic E-state index is 12.2. The SMILES string of the molecule is CSc1nc(C)c(CCC(=O)OCc2csc(N(C(C)=O)c3ccccc3)n2)c(C)n1. The Morgan fingerprint density at radius 3 is 2.39 bits per heavy atom. The zero-order valence-corrected chi connectivity index (χ0v) is 19.5. The topological polar surface area (TPSA) is 85.3 Å². The van der Waals surface area contributed by atoms with Crippen LogP contribution < -0.4 is 4.90 Å². The largest absolute Gasteiger partial charge is 0.459 e. The van der Waals surface area contributed by atoms with Gasteiger partial charge in [0.15, 0.2) is 10.3 Å². The van der Waals surface area contributed by atoms with Gasteiger partial charge in [0.25, 0.3) is 0 Å². The van der Waals surface area contributed by atoms with E-state index in [4.69, 9.17) is 4.74 Å². The molecule has 0 atom stereocenters. The van der Waals surface area contributed by atoms with Gasteiger partial charge in [0.2, 0.25) is 5.91 Å². The van der Waals surface area contributed by atoms with Crippen LogP contribution >= 0.6 is 23.1 Å². The highest BCUT2D eigenvalue weighted by molar-refractivity contribution is 7.98. The number of amides is 1. The number of aromatic nitrogens is 3. The summed E-state index contributed by atoms with van der Waals surface area (Å²) in [5, 5.41) is 3.07. The molecule has 31 heavy (non-hydrogen) atoms. The molecule has 1 amide bonds. The molecule has 162 valence electrons. The van der Waals surface area contributed by atoms with Crippen LogP contribution in [0.4, 0.5) is 10.8 Å². The molecule has 0 unspecified atom stereocenters. The predicted molar refractivity (Wildman–Crippen MR) is 123 cm³/mol. The third kappa shape index (κ3) is 5.89. The van der Waals surface area contributed by atoms with E-state index in [0.717, 1.165) is 27.8 Å². The summed E-state index contributed by atoms with van der Waals surface area (Å²) in [5.41, 5.74) is 4.10. The number of esters is 1. The van der Waals surface area contributed by atoms with E-state index >= 15 is 0 Å². The molecule has 0 aliphatic carbocycles. The van der Waals surface area contributed by atoms with Gasteiger partial charge in [-0.2, -0.15) is 0 Å². The molecule has 0 aliphatic heterocycles. The van der Waals surface area contributed by atoms with E-state index in [2.05, 4.69) is 15.0 Å². The average molecular weight is 457 g/mol. The van der Waals surface area contributed by atoms with E-state index in [-0.39, 0.29) is 24.9 Å². The van der Waals surface area contributed by atoms with Crippen molar-refractivity contribution in [3.05, 3.63) is 58.4 Å². The summed E-state index contributed by atoms with van der Waals surface area (Å²) in [6, 6.07) is 9.32. The number of ether oxygens (including phenoxy) is 1. The molecule has 2 heterocycles. The highest BCUT2D eigenvalue weighted by Gasteiger charge is 2.18. The van der Waals surface area contributed by atoms with Crippen LogP contribution in [0.25, 0.3) is 0 Å². The molecule has 0 saturated heterocycles. The number of aryl methyl sites for hydroxylation is 2. The van der Waals surface area contributed by atoms with Gasteiger partial charge in [-0.3, -0.25) is 14.5 Å². The molecule has 0 fully saturated rings. The highest BCUT2D eigenvalue weighted by atomic mass is 32.2. The van der Waals surface area contributed by atoms with Crippen LogP contribution in [0.15, 0.2) is 40.9 Å². The van der Waals surface area contributed by atoms with Crippen molar-refractivity contribution in [1.29, 1.82) is 0 Å². The molecule has 3 rings (SSSR count). The van der Waals surface area contributed by atoms with Gasteiger partial charge < -0.3 is 4.74 Å². The molecule has 9 heteroatoms. The number of benzene rings is 1. The number of hydrogen-bond donors (Lipinski definition) is 0. The maximum Gasteiger partial charge on any atom is 0.306 e. The van der Waals surface area contributed by atoms with Crippen molar-refractivity contribution in [1.82, 2.24) is 15.0 Å². The van der Waals surface area contributed by atoms with E-state index in [9.17, 15) is 9.59 Å². The second kappa shape index (κ2) is 10.5. The number of anilines is 2. The fourth-order valence-electron chi connectivity index (χ4n) is 3.08. The number of rotatable bonds is 8. The number of thiazole rings is 1. The standard InChI is InChI=1S/C22H24N4O3S2/c1-14-19(15(2)24-21(23-14)30-4)10-11-20(28)29-12-17-13-31-22(25-17)26(16(3)27)18-8-6-5-7-9-18/h5-9,13H,10-12H2,1-4H3. The first-order chi connectivity index (χ1) is 14.9. The lowest BCUT2D eigenvalue weighted by atomic mass is 10.1. The molecule has 0 saturated carbocycles. The minimum absolute atomic E-state index is 0.0652. The molecule has 3 aromatic rings. The van der Waals surface area contributed by atoms with Crippen LogP contribution in [-0.4, -0.2) is 33.1 Å². The molecule has 0 bridgehead atoms. The molecule has 0 spiro atoms. The Hall–Kier alpha value is -2.78. The van der Waals surface area contributed by atoms with Gasteiger partial charge in [0.05, 0.1) is 11.4 Å². The van der Waals surface area contributed by atoms with Gasteiger partial charge in [0.1, 0.15) is 6.61 Å². The number of nitrogens with zero attached hydrogens (tertiary/aromatic N) is 4. The molecule has 1 aromatic carbocycles. The van der Waals surface area contributed by atoms with Gasteiger partial charge in [-0.05, 0) is 44.2 Å². The first-order valence-electron chi connectivity index (χ1n) is 9.73. The number of hydrogen-bond acceptors (Lipinski definition) is 8. The lowest BCUT2D eigenvalue weighted by molar-refractivity contribution is -0.145. The van der Waals surface area contributed by atoms with Crippen molar-refractivity contribution < 1.29 is 14.3 Å². The van der Waals surface area contributed by atoms with Crippen LogP contribution in [0.3, 0.4) is 0 Å². The zero-order chi connectivity index (χ0) is 22.4. The van der Waals surface area contributed by atoms with Crippen molar-refractivity contribution in [3.8, 4) is 0 Å². The van der Waals surface area contributed by atoms with Crippen LogP contribution in [0.2, 0.25) is 0 Å². The third-order valence-electron chi connectivity index (χ3n) is 4.60. The molecule has 0 N–H and O–H groups in total. The smallest absolute Gasteiger partial charge is 0.306 e. The Bertz CT molecular complexity index is 1050. The van der Waals surface area contributed by atoms with E-state index < -0.39 is 0 Å². The molecule has 0 radical (unpaired) electrons. The summed E-state index contributed by atoms with van der Waals surface area (Å²) in [6.45, 7) is 5.42. The number of carbonyl (C=O) groups is 2. The summed E-state index contributed by atoms with van der Waals surface area (Å²) < 4.78 is 5.39. The second-order valence-corrected chi connectivity index (χ2v) is 8.44. The Kier molecular flexibility index (Phi) is 7.75. The fraction of sp³-hybridized carbons (Fsp3) is 0.318. The summed E-state index contributed by atoms with van der Waals surface area (Å²) in [5.74, 6) is -0.446. The zero-order valence-electron chi connectivity index (χ0n) is 17.9. The lowest BCUT2D eigenvalue weighted by Gasteiger charge is -2.17. The average Bonchev–Trinajstić information content (AvgIpc) is 3.20. The van der Waals surface area contributed by atoms with E-state index in [1.54, 1.807) is 10.3 Å². The highest BCUT2D eigenvalue weighted by Crippen LogP contribution is 2.29. The molecule has 2 aromatic heterocycles. The van der Waals surface area contributed by atoms with E-state index in [0.29, 0.717) is 17.2 Å². The van der Waals surface area contributed by atoms with Crippen LogP contribution in [0.5, 0.6) is 0 Å². The Morgan fingerprint density at radius 2 is 1.77 bits per heavy atom. The normalized spacial score (nSPS) is 10.7. The number of carbonyl (C=O) groups excluding carboxylic acids is 2. The summed E-state index contributed by atoms with van der Waals surface area (Å²) >= 11 is 2.83. The monoisotopic (exact) mass is 456 g/mol. The fourth-order valence-corrected chi connectivity index (χ4v) is 4.41. The maximum atomic E-state index is 12.2. The minimum Gasteiger partial charge on any atom is -0.459 e. The van der Waals surface area contributed by atoms with Crippen molar-refractivity contribution in [2.45, 2.75) is 45.4 Å². The van der Waals surface area contributed by atoms with Crippen molar-refractivity contribution >= 4 is 45.8 Å². The van der Waals surface area contributed by atoms with Crippen molar-refractivity contribution in [3.63, 3.8) is 0 Å². The van der Waals surface area contributed by atoms with Gasteiger partial charge in [-0.1, -0.05) is 30.0 Å². The van der Waals surface area contributed by atoms with Gasteiger partial charge in [-0.25, -0.2) is 15.0 Å². The quantitative estimate of drug-likeness (QED) is 0.277. The minimum atomic E-state index is -0.311. The Morgan fingerprint density at radius 1 is 1.10 bits per heavy atom. The van der Waals surface area contributed by atoms with Gasteiger partial charge in [-0.15, -0.1) is 11.3 Å². The first-order valence-corrected chi connectivity index (χ1v) is 11.8. The first kappa shape index (κ1) is 22.9. The lowest BCUT2D eigenvalue weighted by Crippen LogP contribution is -2.22. The van der Waals surface area contributed by atoms with E-state index in [1.165, 1.54) is 30.0 Å². The van der Waals surface area contributed by atoms with Crippen molar-refractivity contribution in [2.75, 3.05) is 11.2 Å². The van der Waals surface area contributed by atoms with Crippen LogP contribution in [0, 0.1) is 13.8 Å². The number of thioether (sulfide) groups is 1. The van der Waals surface area contributed by atoms with Crippen LogP contribution in [-0.2, 0) is 27.4 Å². The van der Waals surface area contributed by atoms with Gasteiger partial charge in [0, 0.05) is 30.1 Å². The molecule has 7 nitrogen and oxygen atoms in total. The molecular formula is C22H24N4O3S2. The van der Waals surface area contributed by atoms with Crippen LogP contribution in [0.1, 0.15) is 36.0 Å². The summed E-state index contributed by atoms with van der Waals surface area (Å²) in [6.07, 6.45) is 2.70. The Balaban J connectivity index is 1.58. The predicted octanol–water partition coefficient (Wildman–Crippen LogP) is 4.63. The molecular weight excluding hydrogens is 432 g/mol. The third-order valence-corrected chi connectivity index (χ3v) is 6.03. The number of para-hydroxylation sites is 1. The van der Waals surface area contributed by atoms with E-state index in [1.807, 2.05) is 50.4 Å². The Labute approximate surface area is 189 Å². The summed E-state index contributed by atoms with van der Waals surface area (Å²) in [4.78, 5) is 39.3. The van der Waals surface area contributed by atoms with Gasteiger partial charge >= 0.3 is 5.97 Å².